The van der Waals surface area contributed by atoms with Gasteiger partial charge in [-0.2, -0.15) is 0 Å². The summed E-state index contributed by atoms with van der Waals surface area (Å²) in [5, 5.41) is 9.76. The summed E-state index contributed by atoms with van der Waals surface area (Å²) in [7, 11) is 0. The molecule has 1 atom stereocenters. The van der Waals surface area contributed by atoms with Crippen LogP contribution in [0, 0.1) is 0 Å². The third-order valence-electron chi connectivity index (χ3n) is 5.27. The van der Waals surface area contributed by atoms with E-state index in [4.69, 9.17) is 0 Å². The van der Waals surface area contributed by atoms with Crippen molar-refractivity contribution in [2.24, 2.45) is 0 Å². The Kier molecular flexibility index (Phi) is 4.89. The molecule has 2 aromatic rings. The summed E-state index contributed by atoms with van der Waals surface area (Å²) in [5.74, 6) is 0.403. The zero-order valence-corrected chi connectivity index (χ0v) is 14.9. The van der Waals surface area contributed by atoms with Gasteiger partial charge in [-0.05, 0) is 68.1 Å². The van der Waals surface area contributed by atoms with E-state index in [-0.39, 0.29) is 17.7 Å². The van der Waals surface area contributed by atoms with Crippen molar-refractivity contribution in [1.82, 2.24) is 14.8 Å². The van der Waals surface area contributed by atoms with E-state index >= 15 is 0 Å². The minimum atomic E-state index is -0.260. The maximum absolute atomic E-state index is 13.6. The molecule has 136 valence electrons. The van der Waals surface area contributed by atoms with Gasteiger partial charge >= 0.3 is 0 Å². The van der Waals surface area contributed by atoms with Crippen LogP contribution in [-0.4, -0.2) is 44.9 Å². The molecule has 1 saturated carbocycles. The van der Waals surface area contributed by atoms with E-state index in [9.17, 15) is 9.90 Å². The van der Waals surface area contributed by atoms with Gasteiger partial charge in [0.2, 0.25) is 5.91 Å². The molecule has 0 spiro atoms. The van der Waals surface area contributed by atoms with E-state index in [1.165, 1.54) is 0 Å². The first-order chi connectivity index (χ1) is 12.7. The second-order valence-electron chi connectivity index (χ2n) is 7.30. The smallest absolute Gasteiger partial charge is 0.245 e. The first kappa shape index (κ1) is 17.0. The molecule has 1 N–H and O–H groups in total. The number of phenols is 1. The lowest BCUT2D eigenvalue weighted by molar-refractivity contribution is -0.138. The van der Waals surface area contributed by atoms with Gasteiger partial charge in [-0.1, -0.05) is 18.2 Å². The number of hydrogen-bond donors (Lipinski definition) is 1. The highest BCUT2D eigenvalue weighted by atomic mass is 16.3. The number of phenolic OH excluding ortho intramolecular Hbond substituents is 1. The maximum atomic E-state index is 13.6. The Morgan fingerprint density at radius 2 is 2.04 bits per heavy atom. The second kappa shape index (κ2) is 7.46. The summed E-state index contributed by atoms with van der Waals surface area (Å²) in [6.07, 6.45) is 7.97. The number of hydrogen-bond acceptors (Lipinski definition) is 4. The number of rotatable bonds is 6. The predicted molar refractivity (Wildman–Crippen MR) is 99.5 cm³/mol. The largest absolute Gasteiger partial charge is 0.508 e. The molecule has 0 unspecified atom stereocenters. The third-order valence-corrected chi connectivity index (χ3v) is 5.27. The van der Waals surface area contributed by atoms with Crippen LogP contribution in [0.5, 0.6) is 5.75 Å². The normalized spacial score (nSPS) is 18.6. The van der Waals surface area contributed by atoms with Crippen molar-refractivity contribution in [2.45, 2.75) is 44.3 Å². The van der Waals surface area contributed by atoms with Crippen LogP contribution in [0.2, 0.25) is 0 Å². The number of aromatic nitrogens is 1. The molecule has 1 saturated heterocycles. The zero-order chi connectivity index (χ0) is 17.9. The molecular formula is C21H25N3O2. The molecule has 1 aromatic carbocycles. The van der Waals surface area contributed by atoms with E-state index in [0.717, 1.165) is 49.9 Å². The van der Waals surface area contributed by atoms with E-state index in [1.54, 1.807) is 18.3 Å². The Bertz CT molecular complexity index is 755. The van der Waals surface area contributed by atoms with Gasteiger partial charge < -0.3 is 10.0 Å². The van der Waals surface area contributed by atoms with E-state index in [0.29, 0.717) is 12.6 Å². The highest BCUT2D eigenvalue weighted by Gasteiger charge is 2.39. The number of likely N-dealkylation sites (tertiary alicyclic amines) is 1. The summed E-state index contributed by atoms with van der Waals surface area (Å²) in [5.41, 5.74) is 1.94. The third kappa shape index (κ3) is 3.73. The van der Waals surface area contributed by atoms with Gasteiger partial charge in [-0.3, -0.25) is 14.7 Å². The number of nitrogens with zero attached hydrogens (tertiary/aromatic N) is 3. The van der Waals surface area contributed by atoms with Crippen molar-refractivity contribution in [3.8, 4) is 5.75 Å². The average Bonchev–Trinajstić information content (AvgIpc) is 3.36. The van der Waals surface area contributed by atoms with Gasteiger partial charge in [-0.25, -0.2) is 0 Å². The fourth-order valence-corrected chi connectivity index (χ4v) is 3.83. The zero-order valence-electron chi connectivity index (χ0n) is 14.9. The molecule has 2 fully saturated rings. The van der Waals surface area contributed by atoms with Crippen molar-refractivity contribution < 1.29 is 9.90 Å². The van der Waals surface area contributed by atoms with E-state index in [2.05, 4.69) is 9.88 Å². The summed E-state index contributed by atoms with van der Waals surface area (Å²) in [6.45, 7) is 2.45. The lowest BCUT2D eigenvalue weighted by atomic mass is 10.1. The van der Waals surface area contributed by atoms with Crippen LogP contribution >= 0.6 is 0 Å². The SMILES string of the molecule is O=C([C@H](c1cccnc1)N1CCCC1)N(Cc1cccc(O)c1)C1CC1. The van der Waals surface area contributed by atoms with Crippen molar-refractivity contribution >= 4 is 5.91 Å². The molecular weight excluding hydrogens is 326 g/mol. The monoisotopic (exact) mass is 351 g/mol. The lowest BCUT2D eigenvalue weighted by Gasteiger charge is -2.33. The van der Waals surface area contributed by atoms with Gasteiger partial charge in [0.25, 0.3) is 0 Å². The summed E-state index contributed by atoms with van der Waals surface area (Å²) < 4.78 is 0. The number of carbonyl (C=O) groups excluding carboxylic acids is 1. The number of carbonyl (C=O) groups is 1. The number of amides is 1. The Morgan fingerprint density at radius 3 is 2.69 bits per heavy atom. The van der Waals surface area contributed by atoms with Crippen molar-refractivity contribution in [1.29, 1.82) is 0 Å². The Hall–Kier alpha value is -2.40. The van der Waals surface area contributed by atoms with Gasteiger partial charge in [0.15, 0.2) is 0 Å². The van der Waals surface area contributed by atoms with E-state index < -0.39 is 0 Å². The van der Waals surface area contributed by atoms with Gasteiger partial charge in [-0.15, -0.1) is 0 Å². The lowest BCUT2D eigenvalue weighted by Crippen LogP contribution is -2.43. The molecule has 0 bridgehead atoms. The van der Waals surface area contributed by atoms with Crippen molar-refractivity contribution in [3.63, 3.8) is 0 Å². The van der Waals surface area contributed by atoms with E-state index in [1.807, 2.05) is 35.4 Å². The van der Waals surface area contributed by atoms with Crippen LogP contribution in [0.25, 0.3) is 0 Å². The topological polar surface area (TPSA) is 56.7 Å². The molecule has 1 aromatic heterocycles. The molecule has 2 heterocycles. The molecule has 2 aliphatic rings. The van der Waals surface area contributed by atoms with Crippen LogP contribution in [-0.2, 0) is 11.3 Å². The molecule has 1 aliphatic carbocycles. The summed E-state index contributed by atoms with van der Waals surface area (Å²) in [4.78, 5) is 22.1. The molecule has 26 heavy (non-hydrogen) atoms. The molecule has 1 aliphatic heterocycles. The molecule has 5 heteroatoms. The minimum Gasteiger partial charge on any atom is -0.508 e. The number of pyridine rings is 1. The Morgan fingerprint density at radius 1 is 1.23 bits per heavy atom. The minimum absolute atomic E-state index is 0.158. The first-order valence-corrected chi connectivity index (χ1v) is 9.45. The standard InChI is InChI=1S/C21H25N3O2/c25-19-7-3-5-16(13-19)15-24(18-8-9-18)21(26)20(23-11-1-2-12-23)17-6-4-10-22-14-17/h3-7,10,13-14,18,20,25H,1-2,8-9,11-12,15H2/t20-/m0/s1. The second-order valence-corrected chi connectivity index (χ2v) is 7.30. The van der Waals surface area contributed by atoms with Crippen LogP contribution in [0.3, 0.4) is 0 Å². The molecule has 5 nitrogen and oxygen atoms in total. The van der Waals surface area contributed by atoms with Gasteiger partial charge in [0, 0.05) is 25.0 Å². The number of benzene rings is 1. The van der Waals surface area contributed by atoms with Gasteiger partial charge in [0.05, 0.1) is 0 Å². The van der Waals surface area contributed by atoms with Gasteiger partial charge in [0.1, 0.15) is 11.8 Å². The predicted octanol–water partition coefficient (Wildman–Crippen LogP) is 3.12. The van der Waals surface area contributed by atoms with Crippen molar-refractivity contribution in [2.75, 3.05) is 13.1 Å². The molecule has 4 rings (SSSR count). The average molecular weight is 351 g/mol. The Balaban J connectivity index is 1.61. The fourth-order valence-electron chi connectivity index (χ4n) is 3.83. The highest BCUT2D eigenvalue weighted by molar-refractivity contribution is 5.84. The van der Waals surface area contributed by atoms with Crippen molar-refractivity contribution in [3.05, 3.63) is 59.9 Å². The summed E-state index contributed by atoms with van der Waals surface area (Å²) >= 11 is 0. The first-order valence-electron chi connectivity index (χ1n) is 9.45. The quantitative estimate of drug-likeness (QED) is 0.869. The van der Waals surface area contributed by atoms with Crippen LogP contribution in [0.15, 0.2) is 48.8 Å². The fraction of sp³-hybridized carbons (Fsp3) is 0.429. The molecule has 1 amide bonds. The van der Waals surface area contributed by atoms with Crippen LogP contribution < -0.4 is 0 Å². The summed E-state index contributed by atoms with van der Waals surface area (Å²) in [6, 6.07) is 11.2. The van der Waals surface area contributed by atoms with Crippen LogP contribution in [0.4, 0.5) is 0 Å². The number of aromatic hydroxyl groups is 1. The maximum Gasteiger partial charge on any atom is 0.245 e. The molecule has 0 radical (unpaired) electrons. The Labute approximate surface area is 154 Å². The highest BCUT2D eigenvalue weighted by Crippen LogP contribution is 2.34. The van der Waals surface area contributed by atoms with Crippen LogP contribution in [0.1, 0.15) is 42.9 Å².